The zero-order valence-corrected chi connectivity index (χ0v) is 17.1. The molecule has 3 rings (SSSR count). The van der Waals surface area contributed by atoms with Gasteiger partial charge in [0.2, 0.25) is 5.88 Å². The van der Waals surface area contributed by atoms with Crippen molar-refractivity contribution < 1.29 is 28.5 Å². The molecule has 0 aliphatic carbocycles. The highest BCUT2D eigenvalue weighted by atomic mass is 16.6. The van der Waals surface area contributed by atoms with Gasteiger partial charge >= 0.3 is 5.97 Å². The van der Waals surface area contributed by atoms with E-state index in [0.29, 0.717) is 18.8 Å². The largest absolute Gasteiger partial charge is 0.462 e. The first kappa shape index (κ1) is 21.8. The summed E-state index contributed by atoms with van der Waals surface area (Å²) in [5, 5.41) is 13.9. The van der Waals surface area contributed by atoms with Crippen LogP contribution in [0.15, 0.2) is 22.6 Å². The van der Waals surface area contributed by atoms with Gasteiger partial charge in [-0.1, -0.05) is 0 Å². The summed E-state index contributed by atoms with van der Waals surface area (Å²) in [7, 11) is 0. The number of nitrogens with zero attached hydrogens (tertiary/aromatic N) is 2. The molecule has 2 aromatic rings. The number of nitro groups is 1. The van der Waals surface area contributed by atoms with E-state index in [1.807, 2.05) is 4.90 Å². The van der Waals surface area contributed by atoms with Gasteiger partial charge in [-0.25, -0.2) is 4.79 Å². The number of benzene rings is 1. The van der Waals surface area contributed by atoms with Crippen LogP contribution in [0.4, 0.5) is 17.3 Å². The number of anilines is 2. The summed E-state index contributed by atoms with van der Waals surface area (Å²) in [6, 6.07) is 4.13. The highest BCUT2D eigenvalue weighted by Gasteiger charge is 2.30. The third kappa shape index (κ3) is 4.34. The Kier molecular flexibility index (Phi) is 6.23. The minimum Gasteiger partial charge on any atom is -0.462 e. The van der Waals surface area contributed by atoms with Gasteiger partial charge in [-0.2, -0.15) is 0 Å². The first-order valence-corrected chi connectivity index (χ1v) is 9.69. The highest BCUT2D eigenvalue weighted by Crippen LogP contribution is 2.33. The standard InChI is InChI=1S/C20H22N4O7/c1-3-30-20(27)15-11(2)31-19(16(15)17(21)25)22-18(26)12-6-7-13(14(10-12)24(28)29)23-8-4-5-9-23/h6-7,10H,3-5,8-9H2,1-2H3,(H2,21,25)(H,22,26). The summed E-state index contributed by atoms with van der Waals surface area (Å²) in [5.74, 6) is -2.86. The van der Waals surface area contributed by atoms with Crippen LogP contribution in [0.1, 0.15) is 56.6 Å². The Balaban J connectivity index is 1.94. The zero-order chi connectivity index (χ0) is 22.7. The average molecular weight is 430 g/mol. The lowest BCUT2D eigenvalue weighted by atomic mass is 10.1. The Labute approximate surface area is 177 Å². The van der Waals surface area contributed by atoms with Crippen molar-refractivity contribution in [1.82, 2.24) is 0 Å². The molecule has 0 unspecified atom stereocenters. The van der Waals surface area contributed by atoms with Gasteiger partial charge < -0.3 is 19.8 Å². The molecule has 0 spiro atoms. The fourth-order valence-electron chi connectivity index (χ4n) is 3.53. The lowest BCUT2D eigenvalue weighted by Gasteiger charge is -2.17. The summed E-state index contributed by atoms with van der Waals surface area (Å²) in [5.41, 5.74) is 5.09. The molecular formula is C20H22N4O7. The van der Waals surface area contributed by atoms with Crippen LogP contribution in [0.25, 0.3) is 0 Å². The molecule has 11 nitrogen and oxygen atoms in total. The topological polar surface area (TPSA) is 158 Å². The Morgan fingerprint density at radius 2 is 1.94 bits per heavy atom. The predicted octanol–water partition coefficient (Wildman–Crippen LogP) is 2.62. The second kappa shape index (κ2) is 8.86. The van der Waals surface area contributed by atoms with Crippen molar-refractivity contribution in [3.63, 3.8) is 0 Å². The number of aryl methyl sites for hydroxylation is 1. The number of primary amides is 1. The maximum atomic E-state index is 12.7. The van der Waals surface area contributed by atoms with Gasteiger partial charge in [0.05, 0.1) is 11.5 Å². The monoisotopic (exact) mass is 430 g/mol. The average Bonchev–Trinajstić information content (AvgIpc) is 3.35. The van der Waals surface area contributed by atoms with Crippen LogP contribution >= 0.6 is 0 Å². The maximum absolute atomic E-state index is 12.7. The molecule has 1 aromatic heterocycles. The normalized spacial score (nSPS) is 13.2. The van der Waals surface area contributed by atoms with Crippen LogP contribution in [-0.2, 0) is 4.74 Å². The van der Waals surface area contributed by atoms with E-state index in [1.54, 1.807) is 6.92 Å². The number of furan rings is 1. The van der Waals surface area contributed by atoms with E-state index in [4.69, 9.17) is 14.9 Å². The van der Waals surface area contributed by atoms with E-state index < -0.39 is 22.7 Å². The Morgan fingerprint density at radius 1 is 1.26 bits per heavy atom. The van der Waals surface area contributed by atoms with Crippen molar-refractivity contribution in [2.75, 3.05) is 29.9 Å². The molecule has 1 saturated heterocycles. The fraction of sp³-hybridized carbons (Fsp3) is 0.350. The van der Waals surface area contributed by atoms with Gasteiger partial charge in [0.1, 0.15) is 22.6 Å². The van der Waals surface area contributed by atoms with Crippen molar-refractivity contribution in [2.24, 2.45) is 5.73 Å². The molecule has 0 radical (unpaired) electrons. The third-order valence-corrected chi connectivity index (χ3v) is 4.92. The smallest absolute Gasteiger partial charge is 0.342 e. The zero-order valence-electron chi connectivity index (χ0n) is 17.1. The van der Waals surface area contributed by atoms with E-state index >= 15 is 0 Å². The van der Waals surface area contributed by atoms with Gasteiger partial charge in [0.15, 0.2) is 0 Å². The molecule has 164 valence electrons. The molecule has 0 saturated carbocycles. The SMILES string of the molecule is CCOC(=O)c1c(C)oc(NC(=O)c2ccc(N3CCCC3)c([N+](=O)[O-])c2)c1C(N)=O. The predicted molar refractivity (Wildman–Crippen MR) is 110 cm³/mol. The molecule has 1 aliphatic heterocycles. The fourth-order valence-corrected chi connectivity index (χ4v) is 3.53. The van der Waals surface area contributed by atoms with Crippen LogP contribution in [0.5, 0.6) is 0 Å². The van der Waals surface area contributed by atoms with Crippen molar-refractivity contribution in [3.8, 4) is 0 Å². The van der Waals surface area contributed by atoms with Crippen molar-refractivity contribution in [1.29, 1.82) is 0 Å². The number of nitrogens with one attached hydrogen (secondary N) is 1. The summed E-state index contributed by atoms with van der Waals surface area (Å²) >= 11 is 0. The van der Waals surface area contributed by atoms with Gasteiger partial charge in [-0.3, -0.25) is 25.0 Å². The summed E-state index contributed by atoms with van der Waals surface area (Å²) < 4.78 is 10.3. The van der Waals surface area contributed by atoms with Crippen molar-refractivity contribution in [2.45, 2.75) is 26.7 Å². The number of nitrogens with two attached hydrogens (primary N) is 1. The van der Waals surface area contributed by atoms with Gasteiger partial charge in [-0.05, 0) is 38.8 Å². The van der Waals surface area contributed by atoms with E-state index in [0.717, 1.165) is 18.9 Å². The molecule has 0 bridgehead atoms. The van der Waals surface area contributed by atoms with Crippen LogP contribution in [0.3, 0.4) is 0 Å². The van der Waals surface area contributed by atoms with Crippen molar-refractivity contribution in [3.05, 3.63) is 50.8 Å². The van der Waals surface area contributed by atoms with Gasteiger partial charge in [0.25, 0.3) is 17.5 Å². The maximum Gasteiger partial charge on any atom is 0.342 e. The summed E-state index contributed by atoms with van der Waals surface area (Å²) in [6.07, 6.45) is 1.88. The Bertz CT molecular complexity index is 1050. The number of esters is 1. The number of ether oxygens (including phenoxy) is 1. The van der Waals surface area contributed by atoms with E-state index in [9.17, 15) is 24.5 Å². The molecule has 0 atom stereocenters. The number of hydrogen-bond donors (Lipinski definition) is 2. The lowest BCUT2D eigenvalue weighted by molar-refractivity contribution is -0.384. The Morgan fingerprint density at radius 3 is 2.52 bits per heavy atom. The minimum absolute atomic E-state index is 0.0168. The van der Waals surface area contributed by atoms with Crippen LogP contribution < -0.4 is 16.0 Å². The number of nitro benzene ring substituents is 1. The first-order valence-electron chi connectivity index (χ1n) is 9.69. The van der Waals surface area contributed by atoms with Gasteiger partial charge in [-0.15, -0.1) is 0 Å². The first-order chi connectivity index (χ1) is 14.7. The molecule has 11 heteroatoms. The van der Waals surface area contributed by atoms with Crippen LogP contribution in [-0.4, -0.2) is 42.4 Å². The lowest BCUT2D eigenvalue weighted by Crippen LogP contribution is -2.21. The van der Waals surface area contributed by atoms with Crippen LogP contribution in [0.2, 0.25) is 0 Å². The number of carbonyl (C=O) groups is 3. The molecule has 3 N–H and O–H groups in total. The molecule has 2 heterocycles. The number of amides is 2. The highest BCUT2D eigenvalue weighted by molar-refractivity contribution is 6.12. The van der Waals surface area contributed by atoms with E-state index in [-0.39, 0.29) is 40.6 Å². The molecule has 2 amide bonds. The third-order valence-electron chi connectivity index (χ3n) is 4.92. The second-order valence-electron chi connectivity index (χ2n) is 6.93. The summed E-state index contributed by atoms with van der Waals surface area (Å²) in [6.45, 7) is 4.49. The van der Waals surface area contributed by atoms with E-state index in [1.165, 1.54) is 19.1 Å². The number of rotatable bonds is 7. The van der Waals surface area contributed by atoms with Crippen LogP contribution in [0, 0.1) is 17.0 Å². The van der Waals surface area contributed by atoms with Gasteiger partial charge in [0, 0.05) is 24.7 Å². The second-order valence-corrected chi connectivity index (χ2v) is 6.93. The van der Waals surface area contributed by atoms with Crippen molar-refractivity contribution >= 4 is 35.0 Å². The van der Waals surface area contributed by atoms with E-state index in [2.05, 4.69) is 5.32 Å². The minimum atomic E-state index is -0.995. The molecule has 1 aromatic carbocycles. The Hall–Kier alpha value is -3.89. The molecule has 1 fully saturated rings. The molecular weight excluding hydrogens is 408 g/mol. The number of hydrogen-bond acceptors (Lipinski definition) is 8. The summed E-state index contributed by atoms with van der Waals surface area (Å²) in [4.78, 5) is 49.7. The molecule has 31 heavy (non-hydrogen) atoms. The quantitative estimate of drug-likeness (QED) is 0.385. The molecule has 1 aliphatic rings. The number of carbonyl (C=O) groups excluding carboxylic acids is 3.